The van der Waals surface area contributed by atoms with Crippen molar-refractivity contribution in [2.45, 2.75) is 98.2 Å². The van der Waals surface area contributed by atoms with E-state index in [0.29, 0.717) is 17.8 Å². The average molecular weight is 571 g/mol. The molecule has 210 valence electrons. The molecule has 3 aromatic rings. The predicted molar refractivity (Wildman–Crippen MR) is 182 cm³/mol. The van der Waals surface area contributed by atoms with Gasteiger partial charge in [0.15, 0.2) is 0 Å². The summed E-state index contributed by atoms with van der Waals surface area (Å²) in [6, 6.07) is 36.4. The summed E-state index contributed by atoms with van der Waals surface area (Å²) in [7, 11) is -6.84. The summed E-state index contributed by atoms with van der Waals surface area (Å²) in [6.07, 6.45) is 0. The molecule has 0 bridgehead atoms. The second-order valence-corrected chi connectivity index (χ2v) is 43.1. The van der Waals surface area contributed by atoms with Crippen molar-refractivity contribution in [2.75, 3.05) is 0 Å². The smallest absolute Gasteiger partial charge is 0.0637 e. The zero-order chi connectivity index (χ0) is 29.1. The molecule has 1 aliphatic heterocycles. The highest BCUT2D eigenvalue weighted by Gasteiger charge is 3.00. The highest BCUT2D eigenvalue weighted by molar-refractivity contribution is 8.22. The summed E-state index contributed by atoms with van der Waals surface area (Å²) >= 11 is 0. The van der Waals surface area contributed by atoms with Gasteiger partial charge in [-0.25, -0.2) is 0 Å². The third-order valence-electron chi connectivity index (χ3n) is 12.5. The van der Waals surface area contributed by atoms with Gasteiger partial charge in [-0.2, -0.15) is 0 Å². The van der Waals surface area contributed by atoms with Gasteiger partial charge >= 0.3 is 0 Å². The zero-order valence-electron chi connectivity index (χ0n) is 26.9. The Labute approximate surface area is 243 Å². The van der Waals surface area contributed by atoms with E-state index >= 15 is 0 Å². The van der Waals surface area contributed by atoms with Gasteiger partial charge in [0, 0.05) is 0 Å². The van der Waals surface area contributed by atoms with E-state index in [2.05, 4.69) is 174 Å². The normalized spacial score (nSPS) is 25.9. The van der Waals surface area contributed by atoms with Crippen LogP contribution in [0.3, 0.4) is 0 Å². The first kappa shape index (κ1) is 30.3. The predicted octanol–water partition coefficient (Wildman–Crippen LogP) is 8.61. The molecule has 0 nitrogen and oxygen atoms in total. The van der Waals surface area contributed by atoms with Crippen LogP contribution in [0.1, 0.15) is 83.1 Å². The molecule has 0 radical (unpaired) electrons. The number of rotatable bonds is 9. The molecule has 1 heterocycles. The molecular formula is C36H54Si3. The van der Waals surface area contributed by atoms with Gasteiger partial charge in [0.2, 0.25) is 0 Å². The highest BCUT2D eigenvalue weighted by Crippen LogP contribution is 2.78. The first-order valence-electron chi connectivity index (χ1n) is 15.3. The quantitative estimate of drug-likeness (QED) is 0.226. The largest absolute Gasteiger partial charge is 0.0874 e. The van der Waals surface area contributed by atoms with Crippen LogP contribution in [-0.2, 0) is 0 Å². The van der Waals surface area contributed by atoms with E-state index in [4.69, 9.17) is 0 Å². The van der Waals surface area contributed by atoms with Crippen molar-refractivity contribution in [3.63, 3.8) is 0 Å². The van der Waals surface area contributed by atoms with Crippen LogP contribution in [0.25, 0.3) is 0 Å². The molecule has 1 saturated heterocycles. The van der Waals surface area contributed by atoms with Crippen molar-refractivity contribution in [1.82, 2.24) is 0 Å². The lowest BCUT2D eigenvalue weighted by Gasteiger charge is -2.48. The molecule has 0 amide bonds. The second-order valence-electron chi connectivity index (χ2n) is 15.0. The number of hydrogen-bond donors (Lipinski definition) is 0. The Kier molecular flexibility index (Phi) is 7.76. The van der Waals surface area contributed by atoms with Crippen molar-refractivity contribution >= 4 is 36.9 Å². The van der Waals surface area contributed by atoms with Crippen molar-refractivity contribution < 1.29 is 0 Å². The van der Waals surface area contributed by atoms with E-state index in [1.807, 2.05) is 0 Å². The van der Waals surface area contributed by atoms with Gasteiger partial charge in [0.25, 0.3) is 0 Å². The van der Waals surface area contributed by atoms with Gasteiger partial charge in [0.1, 0.15) is 0 Å². The summed E-state index contributed by atoms with van der Waals surface area (Å²) in [5, 5.41) is 5.94. The first-order chi connectivity index (χ1) is 18.1. The molecule has 4 rings (SSSR count). The molecule has 0 aromatic heterocycles. The topological polar surface area (TPSA) is 0 Å². The van der Waals surface area contributed by atoms with Crippen molar-refractivity contribution in [2.24, 2.45) is 17.8 Å². The van der Waals surface area contributed by atoms with E-state index in [-0.39, 0.29) is 15.1 Å². The van der Waals surface area contributed by atoms with Gasteiger partial charge in [-0.3, -0.25) is 0 Å². The van der Waals surface area contributed by atoms with Gasteiger partial charge in [-0.15, -0.1) is 0 Å². The molecule has 0 unspecified atom stereocenters. The SMILES string of the molecule is CC(C)C(C)(C)[Si]1(c2ccccc2)[Si](c2ccccc2)(C(C)(C)C(C)C)[Si]1(c1ccccc1)C(C)(C)C(C)C. The Hall–Kier alpha value is -1.69. The fourth-order valence-corrected chi connectivity index (χ4v) is 108. The molecule has 0 N–H and O–H groups in total. The fourth-order valence-electron chi connectivity index (χ4n) is 9.24. The minimum atomic E-state index is -2.28. The van der Waals surface area contributed by atoms with E-state index < -0.39 is 21.3 Å². The van der Waals surface area contributed by atoms with Crippen molar-refractivity contribution in [3.8, 4) is 0 Å². The van der Waals surface area contributed by atoms with E-state index in [1.54, 1.807) is 15.6 Å². The van der Waals surface area contributed by atoms with E-state index in [1.165, 1.54) is 0 Å². The van der Waals surface area contributed by atoms with Crippen LogP contribution in [0, 0.1) is 17.8 Å². The molecule has 0 spiro atoms. The lowest BCUT2D eigenvalue weighted by molar-refractivity contribution is 0.460. The zero-order valence-corrected chi connectivity index (χ0v) is 29.9. The maximum absolute atomic E-state index is 2.71. The third-order valence-corrected chi connectivity index (χ3v) is 69.1. The van der Waals surface area contributed by atoms with Crippen LogP contribution in [-0.4, -0.2) is 21.3 Å². The van der Waals surface area contributed by atoms with Gasteiger partial charge < -0.3 is 0 Å². The number of hydrogen-bond acceptors (Lipinski definition) is 0. The number of benzene rings is 3. The van der Waals surface area contributed by atoms with Crippen molar-refractivity contribution in [3.05, 3.63) is 91.0 Å². The van der Waals surface area contributed by atoms with Crippen LogP contribution in [0.4, 0.5) is 0 Å². The van der Waals surface area contributed by atoms with Crippen LogP contribution in [0.2, 0.25) is 15.1 Å². The van der Waals surface area contributed by atoms with Crippen LogP contribution in [0.5, 0.6) is 0 Å². The minimum Gasteiger partial charge on any atom is -0.0637 e. The van der Waals surface area contributed by atoms with Gasteiger partial charge in [-0.05, 0) is 32.9 Å². The molecule has 1 fully saturated rings. The second kappa shape index (κ2) is 9.99. The lowest BCUT2D eigenvalue weighted by atomic mass is 9.99. The molecule has 0 aliphatic carbocycles. The fraction of sp³-hybridized carbons (Fsp3) is 0.500. The van der Waals surface area contributed by atoms with E-state index in [0.717, 1.165) is 0 Å². The Morgan fingerprint density at radius 3 is 0.692 bits per heavy atom. The Morgan fingerprint density at radius 1 is 0.359 bits per heavy atom. The molecule has 3 heteroatoms. The summed E-state index contributed by atoms with van der Waals surface area (Å²) in [4.78, 5) is 0. The maximum atomic E-state index is 2.71. The highest BCUT2D eigenvalue weighted by atomic mass is 30.2. The first-order valence-corrected chi connectivity index (χ1v) is 24.3. The van der Waals surface area contributed by atoms with Crippen molar-refractivity contribution in [1.29, 1.82) is 0 Å². The molecule has 39 heavy (non-hydrogen) atoms. The van der Waals surface area contributed by atoms with Crippen LogP contribution < -0.4 is 15.6 Å². The third kappa shape index (κ3) is 3.51. The Balaban J connectivity index is 2.45. The average Bonchev–Trinajstić information content (AvgIpc) is 3.54. The lowest BCUT2D eigenvalue weighted by Crippen LogP contribution is -2.64. The standard InChI is InChI=1S/C36H54Si3/c1-28(2)34(7,8)37(31-22-16-13-17-23-31)38(35(9,10)29(3)4,32-24-18-14-19-25-32)39(37,36(11,12)30(5)6)33-26-20-15-21-27-33/h13-30H,1-12H3. The van der Waals surface area contributed by atoms with Crippen LogP contribution >= 0.6 is 0 Å². The molecular weight excluding hydrogens is 517 g/mol. The molecule has 0 saturated carbocycles. The molecule has 3 aromatic carbocycles. The van der Waals surface area contributed by atoms with Gasteiger partial charge in [-0.1, -0.05) is 190 Å². The maximum Gasteiger partial charge on any atom is 0.0874 e. The molecule has 1 aliphatic rings. The summed E-state index contributed by atoms with van der Waals surface area (Å²) in [5.74, 6) is 1.80. The molecule has 0 atom stereocenters. The summed E-state index contributed by atoms with van der Waals surface area (Å²) in [5.41, 5.74) is 0. The summed E-state index contributed by atoms with van der Waals surface area (Å²) in [6.45, 7) is 31.5. The summed E-state index contributed by atoms with van der Waals surface area (Å²) < 4.78 is 0. The van der Waals surface area contributed by atoms with E-state index in [9.17, 15) is 0 Å². The minimum absolute atomic E-state index is 0.233. The Morgan fingerprint density at radius 2 is 0.538 bits per heavy atom. The monoisotopic (exact) mass is 570 g/mol. The van der Waals surface area contributed by atoms with Crippen LogP contribution in [0.15, 0.2) is 91.0 Å². The Bertz CT molecular complexity index is 1090. The van der Waals surface area contributed by atoms with Gasteiger partial charge in [0.05, 0.1) is 21.3 Å².